The molecule has 2 aliphatic heterocycles. The number of aliphatic hydroxyl groups is 1. The molecule has 0 unspecified atom stereocenters. The lowest BCUT2D eigenvalue weighted by Crippen LogP contribution is -2.52. The number of likely N-dealkylation sites (tertiary alicyclic amines) is 1. The lowest BCUT2D eigenvalue weighted by atomic mass is 9.94. The molecule has 43 heavy (non-hydrogen) atoms. The van der Waals surface area contributed by atoms with Crippen LogP contribution in [0.2, 0.25) is 0 Å². The summed E-state index contributed by atoms with van der Waals surface area (Å²) in [6.45, 7) is 2.75. The van der Waals surface area contributed by atoms with Crippen LogP contribution < -0.4 is 10.6 Å². The van der Waals surface area contributed by atoms with Crippen molar-refractivity contribution in [3.8, 4) is 5.69 Å². The number of halogens is 1. The standard InChI is InChI=1S/C33H36FN5O3S/c1-21-20-43-32(36-21)29-10-7-13-39(29)33(42)24-15-23(16-26(17-24)38-11-5-6-12-38)31(41)37-28(14-22-8-3-2-4-9-22)30(40)27-18-25(34)19-35-27/h2-6,8-9,11-12,15-17,20,25,27-30,35,40H,7,10,13-14,18-19H2,1H3,(H,37,41)/t25-,27+,28-,29+,30-/m0/s1. The SMILES string of the molecule is Cc1csc([C@H]2CCCN2C(=O)c2cc(C(=O)N[C@@H](Cc3ccccc3)[C@@H](O)[C@H]3C[C@H](F)CN3)cc(-n3cccc3)c2)n1. The summed E-state index contributed by atoms with van der Waals surface area (Å²) in [5.74, 6) is -0.560. The van der Waals surface area contributed by atoms with E-state index in [2.05, 4.69) is 15.6 Å². The van der Waals surface area contributed by atoms with Gasteiger partial charge in [0, 0.05) is 59.4 Å². The van der Waals surface area contributed by atoms with Crippen LogP contribution in [0.3, 0.4) is 0 Å². The zero-order valence-electron chi connectivity index (χ0n) is 24.0. The molecule has 5 atom stereocenters. The summed E-state index contributed by atoms with van der Waals surface area (Å²) >= 11 is 1.57. The number of rotatable bonds is 9. The van der Waals surface area contributed by atoms with E-state index in [0.29, 0.717) is 29.8 Å². The van der Waals surface area contributed by atoms with Crippen LogP contribution in [0.5, 0.6) is 0 Å². The Morgan fingerprint density at radius 1 is 1.14 bits per heavy atom. The quantitative estimate of drug-likeness (QED) is 0.260. The van der Waals surface area contributed by atoms with E-state index in [4.69, 9.17) is 0 Å². The zero-order chi connectivity index (χ0) is 29.9. The summed E-state index contributed by atoms with van der Waals surface area (Å²) < 4.78 is 15.9. The van der Waals surface area contributed by atoms with Crippen molar-refractivity contribution < 1.29 is 19.1 Å². The summed E-state index contributed by atoms with van der Waals surface area (Å²) in [4.78, 5) is 34.4. The van der Waals surface area contributed by atoms with E-state index in [9.17, 15) is 19.1 Å². The first-order chi connectivity index (χ1) is 20.9. The molecular weight excluding hydrogens is 565 g/mol. The summed E-state index contributed by atoms with van der Waals surface area (Å²) in [7, 11) is 0. The van der Waals surface area contributed by atoms with Gasteiger partial charge in [-0.3, -0.25) is 9.59 Å². The fraction of sp³-hybridized carbons (Fsp3) is 0.364. The Bertz CT molecular complexity index is 1560. The number of alkyl halides is 1. The lowest BCUT2D eigenvalue weighted by molar-refractivity contribution is 0.0728. The summed E-state index contributed by atoms with van der Waals surface area (Å²) in [6.07, 6.45) is 3.96. The summed E-state index contributed by atoms with van der Waals surface area (Å²) in [5, 5.41) is 20.3. The van der Waals surface area contributed by atoms with Crippen molar-refractivity contribution in [1.29, 1.82) is 0 Å². The van der Waals surface area contributed by atoms with Crippen molar-refractivity contribution in [2.24, 2.45) is 0 Å². The van der Waals surface area contributed by atoms with Crippen molar-refractivity contribution in [2.75, 3.05) is 13.1 Å². The van der Waals surface area contributed by atoms with Gasteiger partial charge >= 0.3 is 0 Å². The Balaban J connectivity index is 1.30. The number of carbonyl (C=O) groups excluding carboxylic acids is 2. The molecule has 10 heteroatoms. The highest BCUT2D eigenvalue weighted by atomic mass is 32.1. The van der Waals surface area contributed by atoms with E-state index in [1.165, 1.54) is 0 Å². The van der Waals surface area contributed by atoms with Crippen molar-refractivity contribution >= 4 is 23.2 Å². The van der Waals surface area contributed by atoms with E-state index < -0.39 is 30.3 Å². The van der Waals surface area contributed by atoms with E-state index in [-0.39, 0.29) is 24.9 Å². The van der Waals surface area contributed by atoms with Gasteiger partial charge in [0.25, 0.3) is 11.8 Å². The molecule has 2 saturated heterocycles. The highest BCUT2D eigenvalue weighted by Crippen LogP contribution is 2.35. The molecule has 2 aromatic carbocycles. The fourth-order valence-electron chi connectivity index (χ4n) is 6.12. The Labute approximate surface area is 254 Å². The number of carbonyl (C=O) groups is 2. The number of benzene rings is 2. The number of nitrogens with zero attached hydrogens (tertiary/aromatic N) is 3. The highest BCUT2D eigenvalue weighted by molar-refractivity contribution is 7.09. The van der Waals surface area contributed by atoms with Gasteiger partial charge in [0.2, 0.25) is 0 Å². The van der Waals surface area contributed by atoms with E-state index in [0.717, 1.165) is 29.1 Å². The predicted octanol–water partition coefficient (Wildman–Crippen LogP) is 4.62. The average molecular weight is 602 g/mol. The maximum atomic E-state index is 14.0. The van der Waals surface area contributed by atoms with Crippen molar-refractivity contribution in [2.45, 2.75) is 63.0 Å². The number of hydrogen-bond acceptors (Lipinski definition) is 6. The van der Waals surface area contributed by atoms with Gasteiger partial charge in [0.1, 0.15) is 11.2 Å². The van der Waals surface area contributed by atoms with Gasteiger partial charge in [-0.25, -0.2) is 9.37 Å². The summed E-state index contributed by atoms with van der Waals surface area (Å²) in [5.41, 5.74) is 3.28. The zero-order valence-corrected chi connectivity index (χ0v) is 24.8. The van der Waals surface area contributed by atoms with Gasteiger partial charge in [0.15, 0.2) is 0 Å². The number of aromatic nitrogens is 2. The van der Waals surface area contributed by atoms with Crippen LogP contribution in [0.25, 0.3) is 5.69 Å². The highest BCUT2D eigenvalue weighted by Gasteiger charge is 2.36. The first kappa shape index (κ1) is 29.2. The van der Waals surface area contributed by atoms with E-state index >= 15 is 0 Å². The normalized spacial score (nSPS) is 21.6. The first-order valence-corrected chi connectivity index (χ1v) is 15.7. The molecule has 2 aromatic heterocycles. The largest absolute Gasteiger partial charge is 0.389 e. The second-order valence-corrected chi connectivity index (χ2v) is 12.3. The lowest BCUT2D eigenvalue weighted by Gasteiger charge is -2.29. The Kier molecular flexibility index (Phi) is 8.69. The van der Waals surface area contributed by atoms with Crippen LogP contribution in [0.15, 0.2) is 78.4 Å². The smallest absolute Gasteiger partial charge is 0.254 e. The van der Waals surface area contributed by atoms with Crippen LogP contribution in [0.1, 0.15) is 62.3 Å². The third-order valence-corrected chi connectivity index (χ3v) is 9.38. The van der Waals surface area contributed by atoms with Crippen molar-refractivity contribution in [1.82, 2.24) is 25.1 Å². The monoisotopic (exact) mass is 601 g/mol. The van der Waals surface area contributed by atoms with Crippen LogP contribution in [0.4, 0.5) is 4.39 Å². The molecule has 8 nitrogen and oxygen atoms in total. The molecule has 2 amide bonds. The van der Waals surface area contributed by atoms with Crippen LogP contribution in [-0.2, 0) is 6.42 Å². The van der Waals surface area contributed by atoms with E-state index in [1.54, 1.807) is 23.5 Å². The molecule has 0 radical (unpaired) electrons. The third-order valence-electron chi connectivity index (χ3n) is 8.32. The number of aliphatic hydroxyl groups excluding tert-OH is 1. The maximum Gasteiger partial charge on any atom is 0.254 e. The minimum Gasteiger partial charge on any atom is -0.389 e. The van der Waals surface area contributed by atoms with Gasteiger partial charge in [-0.05, 0) is 68.5 Å². The fourth-order valence-corrected chi connectivity index (χ4v) is 7.06. The Morgan fingerprint density at radius 3 is 2.60 bits per heavy atom. The third kappa shape index (κ3) is 6.56. The van der Waals surface area contributed by atoms with Gasteiger partial charge in [-0.2, -0.15) is 0 Å². The molecule has 0 bridgehead atoms. The number of aryl methyl sites for hydroxylation is 1. The Hall–Kier alpha value is -3.86. The second kappa shape index (κ2) is 12.8. The molecule has 224 valence electrons. The molecule has 2 fully saturated rings. The molecular formula is C33H36FN5O3S. The predicted molar refractivity (Wildman–Crippen MR) is 164 cm³/mol. The minimum atomic E-state index is -1.04. The molecule has 0 saturated carbocycles. The summed E-state index contributed by atoms with van der Waals surface area (Å²) in [6, 6.07) is 17.3. The van der Waals surface area contributed by atoms with Crippen LogP contribution >= 0.6 is 11.3 Å². The minimum absolute atomic E-state index is 0.0950. The van der Waals surface area contributed by atoms with E-state index in [1.807, 2.05) is 82.7 Å². The molecule has 3 N–H and O–H groups in total. The van der Waals surface area contributed by atoms with Crippen LogP contribution in [-0.4, -0.2) is 68.8 Å². The van der Waals surface area contributed by atoms with Gasteiger partial charge < -0.3 is 25.2 Å². The average Bonchev–Trinajstić information content (AvgIpc) is 3.84. The van der Waals surface area contributed by atoms with Crippen LogP contribution in [0, 0.1) is 6.92 Å². The molecule has 2 aliphatic rings. The molecule has 0 spiro atoms. The Morgan fingerprint density at radius 2 is 1.91 bits per heavy atom. The van der Waals surface area contributed by atoms with Gasteiger partial charge in [-0.15, -0.1) is 11.3 Å². The number of thiazole rings is 1. The maximum absolute atomic E-state index is 14.0. The second-order valence-electron chi connectivity index (χ2n) is 11.5. The topological polar surface area (TPSA) is 99.5 Å². The number of nitrogens with one attached hydrogen (secondary N) is 2. The van der Waals surface area contributed by atoms with Crippen molar-refractivity contribution in [3.63, 3.8) is 0 Å². The molecule has 6 rings (SSSR count). The van der Waals surface area contributed by atoms with Gasteiger partial charge in [0.05, 0.1) is 18.2 Å². The number of hydrogen-bond donors (Lipinski definition) is 3. The van der Waals surface area contributed by atoms with Gasteiger partial charge in [-0.1, -0.05) is 30.3 Å². The number of amides is 2. The van der Waals surface area contributed by atoms with Crippen molar-refractivity contribution in [3.05, 3.63) is 106 Å². The first-order valence-electron chi connectivity index (χ1n) is 14.8. The molecule has 0 aliphatic carbocycles. The molecule has 4 heterocycles. The molecule has 4 aromatic rings.